The Balaban J connectivity index is 1.20. The zero-order valence-electron chi connectivity index (χ0n) is 26.2. The lowest BCUT2D eigenvalue weighted by Gasteiger charge is -2.39. The van der Waals surface area contributed by atoms with Gasteiger partial charge < -0.3 is 24.4 Å². The van der Waals surface area contributed by atoms with Gasteiger partial charge >= 0.3 is 6.09 Å². The van der Waals surface area contributed by atoms with E-state index in [4.69, 9.17) is 14.2 Å². The molecule has 2 aromatic carbocycles. The Hall–Kier alpha value is -3.30. The lowest BCUT2D eigenvalue weighted by Crippen LogP contribution is -2.49. The predicted octanol–water partition coefficient (Wildman–Crippen LogP) is 7.62. The van der Waals surface area contributed by atoms with E-state index in [0.29, 0.717) is 19.9 Å². The Morgan fingerprint density at radius 3 is 2.64 bits per heavy atom. The van der Waals surface area contributed by atoms with Crippen LogP contribution in [0.2, 0.25) is 25.7 Å². The van der Waals surface area contributed by atoms with E-state index >= 15 is 0 Å². The molecule has 0 saturated carbocycles. The van der Waals surface area contributed by atoms with E-state index in [1.807, 2.05) is 42.7 Å². The summed E-state index contributed by atoms with van der Waals surface area (Å²) in [4.78, 5) is 14.4. The molecular formula is C33H46N4O4Si. The third kappa shape index (κ3) is 7.55. The standard InChI is InChI=1S/C33H46N4O4Si/c1-23-16-28(12-13-37(23)32(38)41-33(2,3)4)35-27-9-11-30-29-10-8-24(17-25(29)21-40-31(30)18-27)26-19-34-36(20-26)22-39-14-15-42(5,6)7/h8-11,17-20,23,28,35H,12-16,21-22H2,1-7H3/t23-,28-/m1/s1. The van der Waals surface area contributed by atoms with Crippen molar-refractivity contribution in [1.29, 1.82) is 0 Å². The molecule has 0 bridgehead atoms. The Morgan fingerprint density at radius 1 is 1.12 bits per heavy atom. The minimum Gasteiger partial charge on any atom is -0.488 e. The molecule has 1 aromatic heterocycles. The van der Waals surface area contributed by atoms with Crippen molar-refractivity contribution in [3.63, 3.8) is 0 Å². The summed E-state index contributed by atoms with van der Waals surface area (Å²) >= 11 is 0. The molecule has 42 heavy (non-hydrogen) atoms. The van der Waals surface area contributed by atoms with Crippen molar-refractivity contribution < 1.29 is 19.0 Å². The zero-order valence-corrected chi connectivity index (χ0v) is 27.2. The van der Waals surface area contributed by atoms with Crippen LogP contribution in [0.25, 0.3) is 22.3 Å². The molecule has 8 nitrogen and oxygen atoms in total. The molecule has 0 unspecified atom stereocenters. The summed E-state index contributed by atoms with van der Waals surface area (Å²) in [5.41, 5.74) is 6.23. The van der Waals surface area contributed by atoms with E-state index in [1.165, 1.54) is 11.1 Å². The molecule has 1 saturated heterocycles. The number of amides is 1. The highest BCUT2D eigenvalue weighted by molar-refractivity contribution is 6.76. The monoisotopic (exact) mass is 590 g/mol. The number of aromatic nitrogens is 2. The number of carbonyl (C=O) groups is 1. The van der Waals surface area contributed by atoms with Crippen LogP contribution in [0.5, 0.6) is 5.75 Å². The number of anilines is 1. The van der Waals surface area contributed by atoms with Crippen molar-refractivity contribution in [2.24, 2.45) is 0 Å². The van der Waals surface area contributed by atoms with E-state index in [0.717, 1.165) is 53.6 Å². The van der Waals surface area contributed by atoms with Crippen LogP contribution >= 0.6 is 0 Å². The smallest absolute Gasteiger partial charge is 0.410 e. The van der Waals surface area contributed by atoms with Gasteiger partial charge in [0.05, 0.1) is 6.20 Å². The van der Waals surface area contributed by atoms with Gasteiger partial charge in [-0.25, -0.2) is 9.48 Å². The molecule has 1 amide bonds. The maximum absolute atomic E-state index is 12.6. The maximum Gasteiger partial charge on any atom is 0.410 e. The van der Waals surface area contributed by atoms with Gasteiger partial charge in [-0.15, -0.1) is 0 Å². The average molecular weight is 591 g/mol. The molecule has 226 valence electrons. The molecule has 0 radical (unpaired) electrons. The van der Waals surface area contributed by atoms with E-state index < -0.39 is 13.7 Å². The first kappa shape index (κ1) is 30.2. The van der Waals surface area contributed by atoms with E-state index in [1.54, 1.807) is 0 Å². The molecule has 0 spiro atoms. The summed E-state index contributed by atoms with van der Waals surface area (Å²) < 4.78 is 19.6. The number of benzene rings is 2. The van der Waals surface area contributed by atoms with Crippen molar-refractivity contribution >= 4 is 19.9 Å². The first-order chi connectivity index (χ1) is 19.8. The van der Waals surface area contributed by atoms with Crippen LogP contribution in [0.1, 0.15) is 46.1 Å². The molecule has 1 fully saturated rings. The summed E-state index contributed by atoms with van der Waals surface area (Å²) in [6.45, 7) is 17.3. The second kappa shape index (κ2) is 12.1. The van der Waals surface area contributed by atoms with Crippen LogP contribution < -0.4 is 10.1 Å². The number of nitrogens with one attached hydrogen (secondary N) is 1. The summed E-state index contributed by atoms with van der Waals surface area (Å²) in [5.74, 6) is 0.891. The van der Waals surface area contributed by atoms with Crippen LogP contribution in [-0.2, 0) is 22.8 Å². The highest BCUT2D eigenvalue weighted by Crippen LogP contribution is 2.41. The number of hydrogen-bond acceptors (Lipinski definition) is 6. The zero-order chi connectivity index (χ0) is 30.1. The summed E-state index contributed by atoms with van der Waals surface area (Å²) in [5, 5.41) is 8.18. The topological polar surface area (TPSA) is 77.9 Å². The highest BCUT2D eigenvalue weighted by Gasteiger charge is 2.32. The fourth-order valence-corrected chi connectivity index (χ4v) is 6.27. The van der Waals surface area contributed by atoms with Gasteiger partial charge in [0.15, 0.2) is 0 Å². The van der Waals surface area contributed by atoms with Gasteiger partial charge in [-0.1, -0.05) is 31.8 Å². The number of rotatable bonds is 8. The third-order valence-electron chi connectivity index (χ3n) is 7.82. The molecule has 3 aromatic rings. The number of ether oxygens (including phenoxy) is 3. The predicted molar refractivity (Wildman–Crippen MR) is 171 cm³/mol. The van der Waals surface area contributed by atoms with Crippen LogP contribution in [-0.4, -0.2) is 59.7 Å². The number of likely N-dealkylation sites (tertiary alicyclic amines) is 1. The van der Waals surface area contributed by atoms with Gasteiger partial charge in [-0.2, -0.15) is 5.10 Å². The fraction of sp³-hybridized carbons (Fsp3) is 0.515. The van der Waals surface area contributed by atoms with Crippen molar-refractivity contribution in [2.45, 2.75) is 97.2 Å². The number of fused-ring (bicyclic) bond motifs is 3. The van der Waals surface area contributed by atoms with Crippen LogP contribution in [0.3, 0.4) is 0 Å². The molecule has 3 heterocycles. The molecular weight excluding hydrogens is 544 g/mol. The molecule has 0 aliphatic carbocycles. The van der Waals surface area contributed by atoms with Crippen molar-refractivity contribution in [3.8, 4) is 28.0 Å². The molecule has 5 rings (SSSR count). The normalized spacial score (nSPS) is 18.6. The SMILES string of the molecule is C[C@@H]1C[C@H](Nc2ccc3c(c2)OCc2cc(-c4cnn(COCC[Si](C)(C)C)c4)ccc2-3)CCN1C(=O)OC(C)(C)C. The molecule has 2 atom stereocenters. The maximum atomic E-state index is 12.6. The van der Waals surface area contributed by atoms with Gasteiger partial charge in [0.1, 0.15) is 24.7 Å². The van der Waals surface area contributed by atoms with E-state index in [9.17, 15) is 4.79 Å². The molecule has 1 N–H and O–H groups in total. The lowest BCUT2D eigenvalue weighted by atomic mass is 9.93. The Kier molecular flexibility index (Phi) is 8.71. The minimum atomic E-state index is -1.10. The summed E-state index contributed by atoms with van der Waals surface area (Å²) in [6.07, 6.45) is 5.45. The average Bonchev–Trinajstić information content (AvgIpc) is 3.38. The quantitative estimate of drug-likeness (QED) is 0.215. The second-order valence-corrected chi connectivity index (χ2v) is 19.5. The van der Waals surface area contributed by atoms with E-state index in [2.05, 4.69) is 73.4 Å². The molecule has 2 aliphatic heterocycles. The number of nitrogens with zero attached hydrogens (tertiary/aromatic N) is 3. The summed E-state index contributed by atoms with van der Waals surface area (Å²) in [7, 11) is -1.10. The molecule has 2 aliphatic rings. The Bertz CT molecular complexity index is 1410. The molecule has 9 heteroatoms. The van der Waals surface area contributed by atoms with Gasteiger partial charge in [-0.05, 0) is 81.5 Å². The Morgan fingerprint density at radius 2 is 1.90 bits per heavy atom. The second-order valence-electron chi connectivity index (χ2n) is 13.9. The van der Waals surface area contributed by atoms with Crippen molar-refractivity contribution in [2.75, 3.05) is 18.5 Å². The van der Waals surface area contributed by atoms with Crippen LogP contribution in [0, 0.1) is 0 Å². The minimum absolute atomic E-state index is 0.107. The highest BCUT2D eigenvalue weighted by atomic mass is 28.3. The first-order valence-electron chi connectivity index (χ1n) is 15.1. The number of carbonyl (C=O) groups excluding carboxylic acids is 1. The number of piperidine rings is 1. The van der Waals surface area contributed by atoms with Gasteiger partial charge in [-0.3, -0.25) is 0 Å². The van der Waals surface area contributed by atoms with E-state index in [-0.39, 0.29) is 18.2 Å². The van der Waals surface area contributed by atoms with Crippen molar-refractivity contribution in [1.82, 2.24) is 14.7 Å². The largest absolute Gasteiger partial charge is 0.488 e. The lowest BCUT2D eigenvalue weighted by molar-refractivity contribution is 0.0112. The summed E-state index contributed by atoms with van der Waals surface area (Å²) in [6, 6.07) is 14.5. The van der Waals surface area contributed by atoms with Crippen LogP contribution in [0.4, 0.5) is 10.5 Å². The van der Waals surface area contributed by atoms with Crippen LogP contribution in [0.15, 0.2) is 48.8 Å². The van der Waals surface area contributed by atoms with Gasteiger partial charge in [0.25, 0.3) is 0 Å². The van der Waals surface area contributed by atoms with Gasteiger partial charge in [0.2, 0.25) is 0 Å². The Labute approximate surface area is 251 Å². The van der Waals surface area contributed by atoms with Crippen molar-refractivity contribution in [3.05, 3.63) is 54.4 Å². The fourth-order valence-electron chi connectivity index (χ4n) is 5.52. The number of hydrogen-bond donors (Lipinski definition) is 1. The third-order valence-corrected chi connectivity index (χ3v) is 9.53. The van der Waals surface area contributed by atoms with Gasteiger partial charge in [0, 0.05) is 62.4 Å². The first-order valence-corrected chi connectivity index (χ1v) is 18.8.